The average Bonchev–Trinajstić information content (AvgIpc) is 3.17. The van der Waals surface area contributed by atoms with E-state index in [1.807, 2.05) is 0 Å². The summed E-state index contributed by atoms with van der Waals surface area (Å²) in [5.41, 5.74) is 1.28. The van der Waals surface area contributed by atoms with Crippen LogP contribution in [0.25, 0.3) is 0 Å². The molecule has 1 unspecified atom stereocenters. The van der Waals surface area contributed by atoms with E-state index in [1.54, 1.807) is 56.3 Å². The number of halogens is 1. The number of carbonyl (C=O) groups excluding carboxylic acids is 6. The van der Waals surface area contributed by atoms with Crippen LogP contribution >= 0.6 is 22.6 Å². The number of hydrogen-bond acceptors (Lipinski definition) is 13. The highest BCUT2D eigenvalue weighted by Crippen LogP contribution is 2.26. The van der Waals surface area contributed by atoms with E-state index in [0.29, 0.717) is 16.7 Å². The molecule has 5 atom stereocenters. The first-order valence-electron chi connectivity index (χ1n) is 18.5. The summed E-state index contributed by atoms with van der Waals surface area (Å²) in [6.45, 7) is 3.41. The number of carbonyl (C=O) groups is 8. The summed E-state index contributed by atoms with van der Waals surface area (Å²) >= 11 is 2.05. The molecule has 0 spiro atoms. The highest BCUT2D eigenvalue weighted by molar-refractivity contribution is 14.1. The standard InChI is InChI=1S/C40H44IN5O15/c1-20-5-4-6-21(2)35(20)40(58)61-19-31(49)27(18-34(53)54)44-39(57)36(22(3)47)45-37(55)26(12-14-33(51)52)43-38(56)28(15-23-7-10-25(41)11-8-23)42-32(50)17-24-9-13-30(48)29(16-24)46(59)60/h4-11,13,16,22,26-28,36,47-48H,12,14-15,17-19H2,1-3H3,(H,42,50)(H,43,56)(H,44,57)(H,45,55)(H,51,52)(H,53,54)/t22?,26-,27-,28-,36-/m0/s1. The van der Waals surface area contributed by atoms with E-state index in [0.717, 1.165) is 22.6 Å². The van der Waals surface area contributed by atoms with Crippen LogP contribution in [0.4, 0.5) is 5.69 Å². The Kier molecular flexibility index (Phi) is 18.2. The van der Waals surface area contributed by atoms with Gasteiger partial charge >= 0.3 is 23.6 Å². The monoisotopic (exact) mass is 961 g/mol. The van der Waals surface area contributed by atoms with Gasteiger partial charge in [-0.25, -0.2) is 4.79 Å². The first-order chi connectivity index (χ1) is 28.7. The number of aryl methyl sites for hydroxylation is 2. The third-order valence-corrected chi connectivity index (χ3v) is 9.78. The van der Waals surface area contributed by atoms with Crippen LogP contribution in [0, 0.1) is 27.5 Å². The average molecular weight is 962 g/mol. The Labute approximate surface area is 361 Å². The molecule has 3 aromatic rings. The van der Waals surface area contributed by atoms with Crippen LogP contribution in [0.2, 0.25) is 0 Å². The van der Waals surface area contributed by atoms with Crippen molar-refractivity contribution in [2.75, 3.05) is 6.61 Å². The Hall–Kier alpha value is -6.49. The van der Waals surface area contributed by atoms with Crippen molar-refractivity contribution in [3.8, 4) is 5.75 Å². The zero-order valence-electron chi connectivity index (χ0n) is 33.0. The molecule has 0 bridgehead atoms. The number of benzene rings is 3. The number of rotatable bonds is 22. The van der Waals surface area contributed by atoms with E-state index in [4.69, 9.17) is 4.74 Å². The van der Waals surface area contributed by atoms with Gasteiger partial charge in [0.1, 0.15) is 24.2 Å². The van der Waals surface area contributed by atoms with Crippen LogP contribution in [0.5, 0.6) is 5.75 Å². The lowest BCUT2D eigenvalue weighted by Gasteiger charge is -2.27. The van der Waals surface area contributed by atoms with Crippen LogP contribution < -0.4 is 21.3 Å². The number of amides is 4. The molecule has 0 radical (unpaired) electrons. The number of carboxylic acids is 2. The Morgan fingerprint density at radius 2 is 1.38 bits per heavy atom. The molecule has 61 heavy (non-hydrogen) atoms. The predicted octanol–water partition coefficient (Wildman–Crippen LogP) is 1.39. The first-order valence-corrected chi connectivity index (χ1v) is 19.5. The fourth-order valence-corrected chi connectivity index (χ4v) is 6.28. The molecule has 0 fully saturated rings. The lowest BCUT2D eigenvalue weighted by molar-refractivity contribution is -0.385. The second kappa shape index (κ2) is 22.8. The van der Waals surface area contributed by atoms with Gasteiger partial charge in [-0.1, -0.05) is 36.4 Å². The molecule has 4 amide bonds. The van der Waals surface area contributed by atoms with Crippen LogP contribution in [0.15, 0.2) is 60.7 Å². The van der Waals surface area contributed by atoms with E-state index in [2.05, 4.69) is 43.9 Å². The number of aliphatic carboxylic acids is 2. The summed E-state index contributed by atoms with van der Waals surface area (Å²) < 4.78 is 5.96. The van der Waals surface area contributed by atoms with Gasteiger partial charge in [0.15, 0.2) is 18.1 Å². The second-order valence-electron chi connectivity index (χ2n) is 13.9. The van der Waals surface area contributed by atoms with Crippen molar-refractivity contribution in [2.45, 2.75) is 83.1 Å². The number of nitro groups is 1. The largest absolute Gasteiger partial charge is 0.502 e. The number of aliphatic hydroxyl groups excluding tert-OH is 1. The first kappa shape index (κ1) is 48.9. The molecule has 3 rings (SSSR count). The highest BCUT2D eigenvalue weighted by atomic mass is 127. The maximum absolute atomic E-state index is 13.8. The normalized spacial score (nSPS) is 13.3. The van der Waals surface area contributed by atoms with Gasteiger partial charge in [-0.05, 0) is 90.2 Å². The number of nitrogens with one attached hydrogen (secondary N) is 4. The fraction of sp³-hybridized carbons (Fsp3) is 0.350. The van der Waals surface area contributed by atoms with Crippen LogP contribution in [0.1, 0.15) is 58.8 Å². The van der Waals surface area contributed by atoms with E-state index < -0.39 is 126 Å². The zero-order valence-corrected chi connectivity index (χ0v) is 35.2. The summed E-state index contributed by atoms with van der Waals surface area (Å²) in [5.74, 6) is -9.70. The smallest absolute Gasteiger partial charge is 0.339 e. The van der Waals surface area contributed by atoms with Gasteiger partial charge in [0.05, 0.1) is 29.4 Å². The molecule has 0 saturated heterocycles. The van der Waals surface area contributed by atoms with Crippen LogP contribution in [-0.2, 0) is 51.1 Å². The molecule has 0 aliphatic carbocycles. The van der Waals surface area contributed by atoms with Crippen molar-refractivity contribution < 1.29 is 68.4 Å². The van der Waals surface area contributed by atoms with Crippen molar-refractivity contribution in [3.05, 3.63) is 102 Å². The minimum Gasteiger partial charge on any atom is -0.502 e. The molecular weight excluding hydrogens is 917 g/mol. The van der Waals surface area contributed by atoms with Gasteiger partial charge in [0.25, 0.3) is 0 Å². The number of aliphatic hydroxyl groups is 1. The van der Waals surface area contributed by atoms with E-state index in [-0.39, 0.29) is 17.5 Å². The van der Waals surface area contributed by atoms with Gasteiger partial charge in [0.2, 0.25) is 23.6 Å². The summed E-state index contributed by atoms with van der Waals surface area (Å²) in [6.07, 6.45) is -4.59. The number of nitrogens with zero attached hydrogens (tertiary/aromatic N) is 1. The molecule has 8 N–H and O–H groups in total. The lowest BCUT2D eigenvalue weighted by Crippen LogP contribution is -2.60. The number of nitro benzene ring substituents is 1. The Morgan fingerprint density at radius 3 is 1.95 bits per heavy atom. The topological polar surface area (TPSA) is 318 Å². The fourth-order valence-electron chi connectivity index (χ4n) is 5.92. The molecule has 0 aromatic heterocycles. The lowest BCUT2D eigenvalue weighted by atomic mass is 10.0. The number of Topliss-reactive ketones (excluding diaryl/α,β-unsaturated/α-hetero) is 1. The van der Waals surface area contributed by atoms with Crippen molar-refractivity contribution in [2.24, 2.45) is 0 Å². The van der Waals surface area contributed by atoms with Gasteiger partial charge < -0.3 is 46.4 Å². The number of aromatic hydroxyl groups is 1. The molecule has 20 nitrogen and oxygen atoms in total. The van der Waals surface area contributed by atoms with Gasteiger partial charge in [-0.2, -0.15) is 0 Å². The maximum Gasteiger partial charge on any atom is 0.339 e. The number of carboxylic acid groups (broad SMARTS) is 2. The molecule has 3 aromatic carbocycles. The van der Waals surface area contributed by atoms with Gasteiger partial charge in [0, 0.05) is 22.5 Å². The molecule has 0 aliphatic rings. The zero-order chi connectivity index (χ0) is 45.6. The molecule has 0 aliphatic heterocycles. The summed E-state index contributed by atoms with van der Waals surface area (Å²) in [5, 5.41) is 59.7. The predicted molar refractivity (Wildman–Crippen MR) is 221 cm³/mol. The third kappa shape index (κ3) is 15.2. The number of ketones is 1. The summed E-state index contributed by atoms with van der Waals surface area (Å²) in [6, 6.07) is 8.16. The van der Waals surface area contributed by atoms with Crippen LogP contribution in [-0.4, -0.2) is 110 Å². The minimum atomic E-state index is -1.91. The van der Waals surface area contributed by atoms with Crippen molar-refractivity contribution >= 4 is 75.6 Å². The summed E-state index contributed by atoms with van der Waals surface area (Å²) in [4.78, 5) is 114. The molecular formula is C40H44IN5O15. The van der Waals surface area contributed by atoms with Crippen molar-refractivity contribution in [1.29, 1.82) is 0 Å². The van der Waals surface area contributed by atoms with Gasteiger partial charge in [-0.15, -0.1) is 0 Å². The quantitative estimate of drug-likeness (QED) is 0.0305. The molecule has 0 heterocycles. The van der Waals surface area contributed by atoms with Crippen molar-refractivity contribution in [1.82, 2.24) is 21.3 Å². The second-order valence-corrected chi connectivity index (χ2v) is 15.1. The third-order valence-electron chi connectivity index (χ3n) is 9.06. The van der Waals surface area contributed by atoms with Gasteiger partial charge in [-0.3, -0.25) is 43.7 Å². The van der Waals surface area contributed by atoms with E-state index in [1.165, 1.54) is 6.07 Å². The molecule has 0 saturated carbocycles. The Bertz CT molecular complexity index is 2140. The SMILES string of the molecule is Cc1cccc(C)c1C(=O)OCC(=O)[C@H](CC(=O)O)NC(=O)[C@@H](NC(=O)[C@H](CCC(=O)O)NC(=O)[C@H](Cc1ccc(I)cc1)NC(=O)Cc1ccc(O)c([N+](=O)[O-])c1)C(C)O. The van der Waals surface area contributed by atoms with Crippen LogP contribution in [0.3, 0.4) is 0 Å². The Morgan fingerprint density at radius 1 is 0.787 bits per heavy atom. The van der Waals surface area contributed by atoms with E-state index >= 15 is 0 Å². The maximum atomic E-state index is 13.8. The molecule has 21 heteroatoms. The number of ether oxygens (including phenoxy) is 1. The Balaban J connectivity index is 1.82. The number of phenolic OH excluding ortho intramolecular Hbond substituents is 1. The number of hydrogen-bond donors (Lipinski definition) is 8. The summed E-state index contributed by atoms with van der Waals surface area (Å²) in [7, 11) is 0. The van der Waals surface area contributed by atoms with Crippen molar-refractivity contribution in [3.63, 3.8) is 0 Å². The highest BCUT2D eigenvalue weighted by Gasteiger charge is 2.35. The van der Waals surface area contributed by atoms with E-state index in [9.17, 15) is 68.9 Å². The number of esters is 1. The minimum absolute atomic E-state index is 0.113. The molecule has 326 valence electrons. The number of phenols is 1.